The molecular formula is C32H43F4NO3S. The second kappa shape index (κ2) is 15.7. The molecule has 9 heteroatoms. The Morgan fingerprint density at radius 2 is 1.61 bits per heavy atom. The van der Waals surface area contributed by atoms with Crippen molar-refractivity contribution in [2.24, 2.45) is 0 Å². The molecular weight excluding hydrogens is 554 g/mol. The smallest absolute Gasteiger partial charge is 0.389 e. The molecule has 41 heavy (non-hydrogen) atoms. The maximum Gasteiger partial charge on any atom is 0.389 e. The van der Waals surface area contributed by atoms with Gasteiger partial charge >= 0.3 is 6.18 Å². The maximum absolute atomic E-state index is 13.6. The third-order valence-electron chi connectivity index (χ3n) is 7.50. The maximum atomic E-state index is 13.6. The second-order valence-electron chi connectivity index (χ2n) is 10.9. The molecule has 0 saturated carbocycles. The van der Waals surface area contributed by atoms with E-state index in [9.17, 15) is 31.1 Å². The lowest BCUT2D eigenvalue weighted by molar-refractivity contribution is -0.135. The fourth-order valence-corrected chi connectivity index (χ4v) is 6.82. The van der Waals surface area contributed by atoms with E-state index in [1.807, 2.05) is 12.1 Å². The molecule has 0 unspecified atom stereocenters. The molecule has 0 aliphatic heterocycles. The largest absolute Gasteiger partial charge is 0.508 e. The van der Waals surface area contributed by atoms with Crippen LogP contribution in [0.4, 0.5) is 17.6 Å². The van der Waals surface area contributed by atoms with E-state index in [1.54, 1.807) is 18.2 Å². The molecule has 228 valence electrons. The van der Waals surface area contributed by atoms with Gasteiger partial charge in [-0.2, -0.15) is 13.2 Å². The molecule has 2 aromatic carbocycles. The van der Waals surface area contributed by atoms with Gasteiger partial charge in [0.15, 0.2) is 0 Å². The van der Waals surface area contributed by atoms with E-state index in [0.717, 1.165) is 61.6 Å². The predicted octanol–water partition coefficient (Wildman–Crippen LogP) is 8.20. The van der Waals surface area contributed by atoms with Gasteiger partial charge in [-0.05, 0) is 130 Å². The van der Waals surface area contributed by atoms with Crippen LogP contribution >= 0.6 is 0 Å². The molecule has 1 aliphatic carbocycles. The number of alkyl halides is 3. The minimum Gasteiger partial charge on any atom is -0.508 e. The number of aromatic hydroxyl groups is 1. The average molecular weight is 601 g/mol. The highest BCUT2D eigenvalue weighted by molar-refractivity contribution is 7.91. The molecule has 0 radical (unpaired) electrons. The predicted molar refractivity (Wildman–Crippen MR) is 158 cm³/mol. The van der Waals surface area contributed by atoms with Gasteiger partial charge in [0.2, 0.25) is 0 Å². The summed E-state index contributed by atoms with van der Waals surface area (Å²) in [4.78, 5) is 1.30. The van der Waals surface area contributed by atoms with Crippen molar-refractivity contribution >= 4 is 21.0 Å². The molecule has 0 bridgehead atoms. The molecule has 1 N–H and O–H groups in total. The third kappa shape index (κ3) is 11.8. The quantitative estimate of drug-likeness (QED) is 0.156. The van der Waals surface area contributed by atoms with Crippen molar-refractivity contribution in [2.45, 2.75) is 83.2 Å². The minimum atomic E-state index is -4.31. The molecule has 1 aliphatic rings. The molecule has 0 aromatic heterocycles. The lowest BCUT2D eigenvalue weighted by atomic mass is 9.89. The fraction of sp³-hybridized carbons (Fsp3) is 0.562. The highest BCUT2D eigenvalue weighted by Crippen LogP contribution is 2.39. The Morgan fingerprint density at radius 3 is 2.34 bits per heavy atom. The van der Waals surface area contributed by atoms with Gasteiger partial charge in [0.25, 0.3) is 0 Å². The summed E-state index contributed by atoms with van der Waals surface area (Å²) in [5.74, 6) is -0.647. The highest BCUT2D eigenvalue weighted by atomic mass is 32.2. The Hall–Kier alpha value is -2.39. The SMILES string of the molecule is [2H]C([2H])([2H])N(CCCCCCC1=C(c2ccc(F)cc2)CCCc2cc(O)ccc21)CCCS(=O)(=O)CCCCC(F)(F)F. The zero-order chi connectivity index (χ0) is 32.4. The highest BCUT2D eigenvalue weighted by Gasteiger charge is 2.26. The topological polar surface area (TPSA) is 57.6 Å². The van der Waals surface area contributed by atoms with Crippen LogP contribution in [0.25, 0.3) is 11.1 Å². The van der Waals surface area contributed by atoms with Crippen LogP contribution in [0.3, 0.4) is 0 Å². The molecule has 0 fully saturated rings. The standard InChI is InChI=1S/C32H43F4NO3S/c1-37(21-9-23-41(39,40)22-7-5-19-32(34,35)36)20-6-3-2-4-11-31-29(25-13-15-27(33)16-14-25)12-8-10-26-24-28(38)17-18-30(26)31/h13-18,24,38H,2-12,19-23H2,1H3/i1D3. The molecule has 0 saturated heterocycles. The first-order chi connectivity index (χ1) is 20.6. The van der Waals surface area contributed by atoms with Crippen molar-refractivity contribution in [1.82, 2.24) is 4.90 Å². The van der Waals surface area contributed by atoms with E-state index in [0.29, 0.717) is 6.42 Å². The van der Waals surface area contributed by atoms with E-state index >= 15 is 0 Å². The van der Waals surface area contributed by atoms with Crippen molar-refractivity contribution in [3.8, 4) is 5.75 Å². The van der Waals surface area contributed by atoms with Gasteiger partial charge < -0.3 is 10.0 Å². The number of hydrogen-bond acceptors (Lipinski definition) is 4. The number of phenols is 1. The van der Waals surface area contributed by atoms with E-state index in [-0.39, 0.29) is 55.4 Å². The third-order valence-corrected chi connectivity index (χ3v) is 9.32. The number of aryl methyl sites for hydroxylation is 1. The fourth-order valence-electron chi connectivity index (χ4n) is 5.40. The molecule has 0 heterocycles. The summed E-state index contributed by atoms with van der Waals surface area (Å²) >= 11 is 0. The van der Waals surface area contributed by atoms with Crippen LogP contribution < -0.4 is 0 Å². The van der Waals surface area contributed by atoms with Crippen LogP contribution in [0.1, 0.15) is 91.4 Å². The van der Waals surface area contributed by atoms with Gasteiger partial charge in [0, 0.05) is 10.5 Å². The zero-order valence-corrected chi connectivity index (χ0v) is 24.3. The van der Waals surface area contributed by atoms with E-state index in [2.05, 4.69) is 0 Å². The summed E-state index contributed by atoms with van der Waals surface area (Å²) in [5, 5.41) is 10.1. The van der Waals surface area contributed by atoms with E-state index < -0.39 is 29.4 Å². The molecule has 0 spiro atoms. The number of fused-ring (bicyclic) bond motifs is 1. The Morgan fingerprint density at radius 1 is 0.902 bits per heavy atom. The minimum absolute atomic E-state index is 0.0653. The van der Waals surface area contributed by atoms with Gasteiger partial charge in [-0.15, -0.1) is 0 Å². The number of halogens is 4. The van der Waals surface area contributed by atoms with Crippen LogP contribution in [-0.2, 0) is 16.3 Å². The molecule has 0 atom stereocenters. The number of unbranched alkanes of at least 4 members (excludes halogenated alkanes) is 4. The summed E-state index contributed by atoms with van der Waals surface area (Å²) in [6.07, 6.45) is 0.972. The van der Waals surface area contributed by atoms with Crippen molar-refractivity contribution in [2.75, 3.05) is 31.6 Å². The Bertz CT molecular complexity index is 1340. The summed E-state index contributed by atoms with van der Waals surface area (Å²) in [6, 6.07) is 12.0. The number of sulfone groups is 1. The summed E-state index contributed by atoms with van der Waals surface area (Å²) < 4.78 is 98.4. The van der Waals surface area contributed by atoms with Gasteiger partial charge in [0.05, 0.1) is 11.5 Å². The Balaban J connectivity index is 1.52. The van der Waals surface area contributed by atoms with Crippen molar-refractivity contribution < 1.29 is 35.2 Å². The van der Waals surface area contributed by atoms with Gasteiger partial charge in [-0.1, -0.05) is 31.0 Å². The van der Waals surface area contributed by atoms with Crippen LogP contribution in [0.2, 0.25) is 0 Å². The summed E-state index contributed by atoms with van der Waals surface area (Å²) in [6.45, 7) is -2.02. The zero-order valence-electron chi connectivity index (χ0n) is 26.5. The first-order valence-electron chi connectivity index (χ1n) is 16.0. The van der Waals surface area contributed by atoms with Crippen LogP contribution in [0.5, 0.6) is 5.75 Å². The Labute approximate surface area is 246 Å². The number of rotatable bonds is 16. The monoisotopic (exact) mass is 600 g/mol. The molecule has 3 rings (SSSR count). The number of phenolic OH excluding ortho intramolecular Hbond substituents is 1. The van der Waals surface area contributed by atoms with Gasteiger partial charge in [-0.25, -0.2) is 12.8 Å². The van der Waals surface area contributed by atoms with Crippen molar-refractivity contribution in [1.29, 1.82) is 0 Å². The number of hydrogen-bond donors (Lipinski definition) is 1. The normalized spacial score (nSPS) is 15.8. The van der Waals surface area contributed by atoms with Crippen LogP contribution in [-0.4, -0.2) is 56.2 Å². The first-order valence-corrected chi connectivity index (χ1v) is 16.3. The van der Waals surface area contributed by atoms with Gasteiger partial charge in [-0.3, -0.25) is 0 Å². The van der Waals surface area contributed by atoms with Crippen LogP contribution in [0, 0.1) is 5.82 Å². The average Bonchev–Trinajstić information content (AvgIpc) is 3.10. The van der Waals surface area contributed by atoms with Crippen LogP contribution in [0.15, 0.2) is 42.5 Å². The summed E-state index contributed by atoms with van der Waals surface area (Å²) in [5.41, 5.74) is 5.54. The molecule has 0 amide bonds. The Kier molecular flexibility index (Phi) is 11.0. The first kappa shape index (κ1) is 28.7. The van der Waals surface area contributed by atoms with Gasteiger partial charge in [0.1, 0.15) is 21.4 Å². The van der Waals surface area contributed by atoms with E-state index in [4.69, 9.17) is 4.11 Å². The molecule has 4 nitrogen and oxygen atoms in total. The lowest BCUT2D eigenvalue weighted by Crippen LogP contribution is -2.23. The molecule has 2 aromatic rings. The second-order valence-corrected chi connectivity index (χ2v) is 13.2. The number of nitrogens with zero attached hydrogens (tertiary/aromatic N) is 1. The number of benzene rings is 2. The summed E-state index contributed by atoms with van der Waals surface area (Å²) in [7, 11) is -3.55. The van der Waals surface area contributed by atoms with Crippen molar-refractivity contribution in [3.63, 3.8) is 0 Å². The number of allylic oxidation sites excluding steroid dienone is 2. The van der Waals surface area contributed by atoms with E-state index in [1.165, 1.54) is 28.2 Å². The lowest BCUT2D eigenvalue weighted by Gasteiger charge is -2.17. The van der Waals surface area contributed by atoms with Crippen molar-refractivity contribution in [3.05, 3.63) is 65.0 Å².